The molecule has 0 spiro atoms. The second-order valence-corrected chi connectivity index (χ2v) is 7.27. The molecule has 1 aliphatic heterocycles. The summed E-state index contributed by atoms with van der Waals surface area (Å²) in [7, 11) is 0. The van der Waals surface area contributed by atoms with E-state index in [1.807, 2.05) is 44.2 Å². The number of nitrogens with one attached hydrogen (secondary N) is 1. The van der Waals surface area contributed by atoms with Crippen LogP contribution in [0.15, 0.2) is 30.3 Å². The molecular formula is C18H22N4O2S. The average Bonchev–Trinajstić information content (AvgIpc) is 2.98. The van der Waals surface area contributed by atoms with Gasteiger partial charge >= 0.3 is 6.03 Å². The molecule has 1 aromatic carbocycles. The number of nitrogens with zero attached hydrogens (tertiary/aromatic N) is 3. The van der Waals surface area contributed by atoms with Crippen LogP contribution in [0.2, 0.25) is 0 Å². The van der Waals surface area contributed by atoms with Crippen molar-refractivity contribution in [2.45, 2.75) is 20.4 Å². The molecule has 7 heteroatoms. The van der Waals surface area contributed by atoms with Gasteiger partial charge in [0.05, 0.1) is 10.7 Å². The van der Waals surface area contributed by atoms with Crippen molar-refractivity contribution in [1.29, 1.82) is 0 Å². The molecule has 1 fully saturated rings. The molecule has 1 saturated heterocycles. The van der Waals surface area contributed by atoms with Gasteiger partial charge in [0.2, 0.25) is 0 Å². The topological polar surface area (TPSA) is 65.5 Å². The Morgan fingerprint density at radius 1 is 1.08 bits per heavy atom. The highest BCUT2D eigenvalue weighted by molar-refractivity contribution is 7.13. The van der Waals surface area contributed by atoms with Crippen molar-refractivity contribution < 1.29 is 9.59 Å². The van der Waals surface area contributed by atoms with Crippen LogP contribution in [0.4, 0.5) is 4.79 Å². The lowest BCUT2D eigenvalue weighted by molar-refractivity contribution is 0.0668. The van der Waals surface area contributed by atoms with Crippen molar-refractivity contribution in [3.05, 3.63) is 51.5 Å². The molecule has 6 nitrogen and oxygen atoms in total. The number of carbonyl (C=O) groups excluding carboxylic acids is 2. The SMILES string of the molecule is Cc1nc(C)c(C(=O)N2CCN(C(=O)NCc3ccccc3)CC2)s1. The van der Waals surface area contributed by atoms with E-state index in [2.05, 4.69) is 10.3 Å². The van der Waals surface area contributed by atoms with Crippen molar-refractivity contribution in [3.63, 3.8) is 0 Å². The lowest BCUT2D eigenvalue weighted by Crippen LogP contribution is -2.53. The monoisotopic (exact) mass is 358 g/mol. The van der Waals surface area contributed by atoms with Crippen LogP contribution in [0.1, 0.15) is 25.9 Å². The zero-order valence-electron chi connectivity index (χ0n) is 14.5. The van der Waals surface area contributed by atoms with Gasteiger partial charge in [-0.3, -0.25) is 4.79 Å². The second kappa shape index (κ2) is 7.65. The van der Waals surface area contributed by atoms with Gasteiger partial charge < -0.3 is 15.1 Å². The van der Waals surface area contributed by atoms with E-state index in [1.165, 1.54) is 11.3 Å². The van der Waals surface area contributed by atoms with E-state index in [0.717, 1.165) is 16.3 Å². The molecule has 0 saturated carbocycles. The van der Waals surface area contributed by atoms with Crippen molar-refractivity contribution in [3.8, 4) is 0 Å². The highest BCUT2D eigenvalue weighted by Gasteiger charge is 2.26. The molecule has 1 aliphatic rings. The summed E-state index contributed by atoms with van der Waals surface area (Å²) in [6.45, 7) is 6.47. The lowest BCUT2D eigenvalue weighted by atomic mass is 10.2. The number of benzene rings is 1. The first-order valence-corrected chi connectivity index (χ1v) is 9.16. The van der Waals surface area contributed by atoms with E-state index in [9.17, 15) is 9.59 Å². The van der Waals surface area contributed by atoms with Crippen LogP contribution in [-0.2, 0) is 6.54 Å². The van der Waals surface area contributed by atoms with Crippen LogP contribution in [0, 0.1) is 13.8 Å². The Labute approximate surface area is 151 Å². The molecule has 3 amide bonds. The zero-order chi connectivity index (χ0) is 17.8. The third-order valence-corrected chi connectivity index (χ3v) is 5.30. The average molecular weight is 358 g/mol. The number of hydrogen-bond donors (Lipinski definition) is 1. The van der Waals surface area contributed by atoms with E-state index >= 15 is 0 Å². The molecule has 0 aliphatic carbocycles. The summed E-state index contributed by atoms with van der Waals surface area (Å²) in [6.07, 6.45) is 0. The largest absolute Gasteiger partial charge is 0.334 e. The lowest BCUT2D eigenvalue weighted by Gasteiger charge is -2.34. The number of aromatic nitrogens is 1. The highest BCUT2D eigenvalue weighted by atomic mass is 32.1. The Morgan fingerprint density at radius 2 is 1.72 bits per heavy atom. The minimum Gasteiger partial charge on any atom is -0.334 e. The molecule has 0 bridgehead atoms. The van der Waals surface area contributed by atoms with Gasteiger partial charge in [-0.1, -0.05) is 30.3 Å². The zero-order valence-corrected chi connectivity index (χ0v) is 15.3. The van der Waals surface area contributed by atoms with Gasteiger partial charge in [-0.15, -0.1) is 11.3 Å². The van der Waals surface area contributed by atoms with E-state index in [0.29, 0.717) is 37.6 Å². The molecule has 0 radical (unpaired) electrons. The molecule has 132 valence electrons. The van der Waals surface area contributed by atoms with E-state index in [1.54, 1.807) is 9.80 Å². The quantitative estimate of drug-likeness (QED) is 0.916. The van der Waals surface area contributed by atoms with E-state index in [4.69, 9.17) is 0 Å². The predicted octanol–water partition coefficient (Wildman–Crippen LogP) is 2.43. The molecule has 2 aromatic rings. The first kappa shape index (κ1) is 17.4. The fraction of sp³-hybridized carbons (Fsp3) is 0.389. The summed E-state index contributed by atoms with van der Waals surface area (Å²) in [4.78, 5) is 33.5. The Balaban J connectivity index is 1.50. The molecular weight excluding hydrogens is 336 g/mol. The summed E-state index contributed by atoms with van der Waals surface area (Å²) in [6, 6.07) is 9.74. The van der Waals surface area contributed by atoms with Crippen LogP contribution in [0.25, 0.3) is 0 Å². The van der Waals surface area contributed by atoms with Crippen molar-refractivity contribution in [2.75, 3.05) is 26.2 Å². The summed E-state index contributed by atoms with van der Waals surface area (Å²) >= 11 is 1.43. The number of hydrogen-bond acceptors (Lipinski definition) is 4. The Kier molecular flexibility index (Phi) is 5.33. The van der Waals surface area contributed by atoms with Gasteiger partial charge in [0.25, 0.3) is 5.91 Å². The molecule has 0 unspecified atom stereocenters. The van der Waals surface area contributed by atoms with Crippen LogP contribution >= 0.6 is 11.3 Å². The Hall–Kier alpha value is -2.41. The van der Waals surface area contributed by atoms with Gasteiger partial charge in [0.15, 0.2) is 0 Å². The van der Waals surface area contributed by atoms with Gasteiger partial charge in [-0.05, 0) is 19.4 Å². The third-order valence-electron chi connectivity index (χ3n) is 4.24. The van der Waals surface area contributed by atoms with E-state index < -0.39 is 0 Å². The van der Waals surface area contributed by atoms with Crippen LogP contribution in [0.3, 0.4) is 0 Å². The number of rotatable bonds is 3. The molecule has 2 heterocycles. The maximum absolute atomic E-state index is 12.6. The van der Waals surface area contributed by atoms with Gasteiger partial charge in [-0.2, -0.15) is 0 Å². The summed E-state index contributed by atoms with van der Waals surface area (Å²) in [5.41, 5.74) is 1.86. The van der Waals surface area contributed by atoms with Gasteiger partial charge in [0.1, 0.15) is 4.88 Å². The first-order chi connectivity index (χ1) is 12.0. The molecule has 0 atom stereocenters. The smallest absolute Gasteiger partial charge is 0.317 e. The molecule has 3 rings (SSSR count). The second-order valence-electron chi connectivity index (χ2n) is 6.07. The summed E-state index contributed by atoms with van der Waals surface area (Å²) in [5, 5.41) is 3.84. The maximum atomic E-state index is 12.6. The van der Waals surface area contributed by atoms with Crippen molar-refractivity contribution in [1.82, 2.24) is 20.1 Å². The number of amides is 3. The minimum absolute atomic E-state index is 0.0208. The van der Waals surface area contributed by atoms with Gasteiger partial charge in [0, 0.05) is 32.7 Å². The van der Waals surface area contributed by atoms with Crippen molar-refractivity contribution >= 4 is 23.3 Å². The number of thiazole rings is 1. The number of piperazine rings is 1. The Bertz CT molecular complexity index is 752. The minimum atomic E-state index is -0.0826. The van der Waals surface area contributed by atoms with E-state index in [-0.39, 0.29) is 11.9 Å². The van der Waals surface area contributed by atoms with Crippen LogP contribution < -0.4 is 5.32 Å². The van der Waals surface area contributed by atoms with Crippen LogP contribution in [0.5, 0.6) is 0 Å². The Morgan fingerprint density at radius 3 is 2.32 bits per heavy atom. The fourth-order valence-electron chi connectivity index (χ4n) is 2.87. The van der Waals surface area contributed by atoms with Gasteiger partial charge in [-0.25, -0.2) is 9.78 Å². The van der Waals surface area contributed by atoms with Crippen molar-refractivity contribution in [2.24, 2.45) is 0 Å². The molecule has 1 aromatic heterocycles. The predicted molar refractivity (Wildman–Crippen MR) is 97.7 cm³/mol. The van der Waals surface area contributed by atoms with Crippen LogP contribution in [-0.4, -0.2) is 52.9 Å². The standard InChI is InChI=1S/C18H22N4O2S/c1-13-16(25-14(2)20-13)17(23)21-8-10-22(11-9-21)18(24)19-12-15-6-4-3-5-7-15/h3-7H,8-12H2,1-2H3,(H,19,24). The first-order valence-electron chi connectivity index (χ1n) is 8.34. The normalized spacial score (nSPS) is 14.5. The summed E-state index contributed by atoms with van der Waals surface area (Å²) in [5.74, 6) is 0.0208. The maximum Gasteiger partial charge on any atom is 0.317 e. The third kappa shape index (κ3) is 4.17. The number of aryl methyl sites for hydroxylation is 2. The fourth-order valence-corrected chi connectivity index (χ4v) is 3.76. The molecule has 1 N–H and O–H groups in total. The highest BCUT2D eigenvalue weighted by Crippen LogP contribution is 2.20. The number of urea groups is 1. The number of carbonyl (C=O) groups is 2. The molecule has 25 heavy (non-hydrogen) atoms. The summed E-state index contributed by atoms with van der Waals surface area (Å²) < 4.78 is 0.